The van der Waals surface area contributed by atoms with E-state index >= 15 is 0 Å². The zero-order chi connectivity index (χ0) is 13.4. The molecule has 0 radical (unpaired) electrons. The molecule has 1 aliphatic rings. The summed E-state index contributed by atoms with van der Waals surface area (Å²) in [5, 5.41) is 0. The molecule has 2 nitrogen and oxygen atoms in total. The summed E-state index contributed by atoms with van der Waals surface area (Å²) in [5.41, 5.74) is 11.1. The van der Waals surface area contributed by atoms with E-state index in [-0.39, 0.29) is 12.1 Å². The van der Waals surface area contributed by atoms with Gasteiger partial charge in [0.2, 0.25) is 0 Å². The molecule has 2 heteroatoms. The van der Waals surface area contributed by atoms with Crippen LogP contribution in [-0.2, 0) is 0 Å². The maximum atomic E-state index is 6.29. The first-order chi connectivity index (χ1) is 9.13. The molecule has 0 bridgehead atoms. The van der Waals surface area contributed by atoms with Crippen molar-refractivity contribution in [3.05, 3.63) is 64.7 Å². The first-order valence-electron chi connectivity index (χ1n) is 6.73. The van der Waals surface area contributed by atoms with Gasteiger partial charge >= 0.3 is 0 Å². The lowest BCUT2D eigenvalue weighted by Crippen LogP contribution is -2.24. The maximum absolute atomic E-state index is 6.29. The molecule has 1 aliphatic heterocycles. The van der Waals surface area contributed by atoms with Crippen LogP contribution in [0.5, 0.6) is 5.75 Å². The minimum Gasteiger partial charge on any atom is -0.485 e. The van der Waals surface area contributed by atoms with Crippen molar-refractivity contribution in [3.8, 4) is 5.75 Å². The second-order valence-corrected chi connectivity index (χ2v) is 5.40. The quantitative estimate of drug-likeness (QED) is 0.838. The molecule has 0 aromatic heterocycles. The van der Waals surface area contributed by atoms with E-state index in [0.29, 0.717) is 0 Å². The number of rotatable bonds is 1. The van der Waals surface area contributed by atoms with Gasteiger partial charge in [-0.15, -0.1) is 0 Å². The number of hydrogen-bond acceptors (Lipinski definition) is 2. The van der Waals surface area contributed by atoms with Gasteiger partial charge in [-0.05, 0) is 25.5 Å². The molecule has 0 spiro atoms. The van der Waals surface area contributed by atoms with Gasteiger partial charge in [-0.1, -0.05) is 47.5 Å². The first-order valence-corrected chi connectivity index (χ1v) is 6.73. The number of nitrogens with two attached hydrogens (primary N) is 1. The Labute approximate surface area is 114 Å². The van der Waals surface area contributed by atoms with E-state index in [9.17, 15) is 0 Å². The third-order valence-corrected chi connectivity index (χ3v) is 3.75. The zero-order valence-electron chi connectivity index (χ0n) is 11.4. The van der Waals surface area contributed by atoms with Crippen molar-refractivity contribution in [1.29, 1.82) is 0 Å². The summed E-state index contributed by atoms with van der Waals surface area (Å²) in [6.07, 6.45) is 0.894. The zero-order valence-corrected chi connectivity index (χ0v) is 11.4. The largest absolute Gasteiger partial charge is 0.485 e. The normalized spacial score (nSPS) is 21.6. The fourth-order valence-corrected chi connectivity index (χ4v) is 2.61. The molecule has 0 aliphatic carbocycles. The van der Waals surface area contributed by atoms with Crippen LogP contribution in [0, 0.1) is 13.8 Å². The SMILES string of the molecule is Cc1ccc(C2C[C@H](N)c3cc(C)ccc3O2)cc1. The average Bonchev–Trinajstić information content (AvgIpc) is 2.40. The molecule has 1 heterocycles. The van der Waals surface area contributed by atoms with Crippen LogP contribution in [0.3, 0.4) is 0 Å². The Morgan fingerprint density at radius 3 is 2.42 bits per heavy atom. The number of aryl methyl sites for hydroxylation is 2. The molecule has 0 amide bonds. The van der Waals surface area contributed by atoms with Gasteiger partial charge in [0.05, 0.1) is 0 Å². The second-order valence-electron chi connectivity index (χ2n) is 5.40. The van der Waals surface area contributed by atoms with Gasteiger partial charge in [-0.25, -0.2) is 0 Å². The number of ether oxygens (including phenoxy) is 1. The molecule has 2 N–H and O–H groups in total. The molecule has 0 saturated carbocycles. The van der Waals surface area contributed by atoms with Crippen LogP contribution in [0.25, 0.3) is 0 Å². The lowest BCUT2D eigenvalue weighted by atomic mass is 9.92. The molecule has 0 fully saturated rings. The molecule has 2 aromatic carbocycles. The van der Waals surface area contributed by atoms with E-state index in [1.807, 2.05) is 6.07 Å². The van der Waals surface area contributed by atoms with E-state index < -0.39 is 0 Å². The highest BCUT2D eigenvalue weighted by atomic mass is 16.5. The van der Waals surface area contributed by atoms with E-state index in [4.69, 9.17) is 10.5 Å². The summed E-state index contributed by atoms with van der Waals surface area (Å²) in [6, 6.07) is 14.8. The third-order valence-electron chi connectivity index (χ3n) is 3.75. The smallest absolute Gasteiger partial charge is 0.126 e. The van der Waals surface area contributed by atoms with Gasteiger partial charge in [0.15, 0.2) is 0 Å². The summed E-state index contributed by atoms with van der Waals surface area (Å²) in [5.74, 6) is 0.926. The van der Waals surface area contributed by atoms with Gasteiger partial charge in [0.25, 0.3) is 0 Å². The summed E-state index contributed by atoms with van der Waals surface area (Å²) >= 11 is 0. The molecule has 2 atom stereocenters. The minimum atomic E-state index is 0.0509. The van der Waals surface area contributed by atoms with Crippen molar-refractivity contribution in [2.75, 3.05) is 0 Å². The summed E-state index contributed by atoms with van der Waals surface area (Å²) < 4.78 is 6.10. The predicted octanol–water partition coefficient (Wildman–Crippen LogP) is 3.83. The summed E-state index contributed by atoms with van der Waals surface area (Å²) in [6.45, 7) is 4.17. The van der Waals surface area contributed by atoms with Crippen LogP contribution in [0.2, 0.25) is 0 Å². The van der Waals surface area contributed by atoms with Crippen molar-refractivity contribution in [3.63, 3.8) is 0 Å². The lowest BCUT2D eigenvalue weighted by Gasteiger charge is -2.31. The predicted molar refractivity (Wildman–Crippen MR) is 77.3 cm³/mol. The van der Waals surface area contributed by atoms with E-state index in [1.54, 1.807) is 0 Å². The molecular weight excluding hydrogens is 234 g/mol. The third kappa shape index (κ3) is 2.36. The topological polar surface area (TPSA) is 35.2 Å². The lowest BCUT2D eigenvalue weighted by molar-refractivity contribution is 0.161. The Morgan fingerprint density at radius 1 is 1.00 bits per heavy atom. The highest BCUT2D eigenvalue weighted by molar-refractivity contribution is 5.41. The first kappa shape index (κ1) is 12.2. The van der Waals surface area contributed by atoms with Crippen molar-refractivity contribution < 1.29 is 4.74 Å². The fraction of sp³-hybridized carbons (Fsp3) is 0.294. The van der Waals surface area contributed by atoms with Crippen molar-refractivity contribution in [2.24, 2.45) is 5.73 Å². The van der Waals surface area contributed by atoms with Crippen LogP contribution in [0.4, 0.5) is 0 Å². The molecule has 98 valence electrons. The van der Waals surface area contributed by atoms with Gasteiger partial charge in [0.1, 0.15) is 11.9 Å². The number of benzene rings is 2. The Balaban J connectivity index is 1.92. The highest BCUT2D eigenvalue weighted by Crippen LogP contribution is 2.39. The van der Waals surface area contributed by atoms with Crippen molar-refractivity contribution in [1.82, 2.24) is 0 Å². The standard InChI is InChI=1S/C17H19NO/c1-11-3-6-13(7-4-11)17-10-15(18)14-9-12(2)5-8-16(14)19-17/h3-9,15,17H,10,18H2,1-2H3/t15-,17?/m0/s1. The van der Waals surface area contributed by atoms with E-state index in [1.165, 1.54) is 16.7 Å². The van der Waals surface area contributed by atoms with Gasteiger partial charge < -0.3 is 10.5 Å². The minimum absolute atomic E-state index is 0.0509. The molecular formula is C17H19NO. The van der Waals surface area contributed by atoms with Crippen LogP contribution >= 0.6 is 0 Å². The van der Waals surface area contributed by atoms with E-state index in [0.717, 1.165) is 17.7 Å². The van der Waals surface area contributed by atoms with Gasteiger partial charge in [-0.2, -0.15) is 0 Å². The van der Waals surface area contributed by atoms with Gasteiger partial charge in [-0.3, -0.25) is 0 Å². The van der Waals surface area contributed by atoms with Crippen LogP contribution < -0.4 is 10.5 Å². The summed E-state index contributed by atoms with van der Waals surface area (Å²) in [7, 11) is 0. The Morgan fingerprint density at radius 2 is 1.68 bits per heavy atom. The average molecular weight is 253 g/mol. The molecule has 2 aromatic rings. The van der Waals surface area contributed by atoms with Crippen molar-refractivity contribution >= 4 is 0 Å². The number of hydrogen-bond donors (Lipinski definition) is 1. The Bertz CT molecular complexity index is 589. The maximum Gasteiger partial charge on any atom is 0.126 e. The Hall–Kier alpha value is -1.80. The number of fused-ring (bicyclic) bond motifs is 1. The van der Waals surface area contributed by atoms with Crippen LogP contribution in [0.1, 0.15) is 40.8 Å². The van der Waals surface area contributed by atoms with Crippen LogP contribution in [0.15, 0.2) is 42.5 Å². The monoisotopic (exact) mass is 253 g/mol. The highest BCUT2D eigenvalue weighted by Gasteiger charge is 2.26. The second kappa shape index (κ2) is 4.71. The molecule has 3 rings (SSSR count). The Kier molecular flexibility index (Phi) is 3.03. The fourth-order valence-electron chi connectivity index (χ4n) is 2.61. The summed E-state index contributed by atoms with van der Waals surface area (Å²) in [4.78, 5) is 0. The molecule has 19 heavy (non-hydrogen) atoms. The van der Waals surface area contributed by atoms with Crippen LogP contribution in [-0.4, -0.2) is 0 Å². The van der Waals surface area contributed by atoms with Gasteiger partial charge in [0, 0.05) is 18.0 Å². The van der Waals surface area contributed by atoms with E-state index in [2.05, 4.69) is 50.2 Å². The molecule has 1 unspecified atom stereocenters. The van der Waals surface area contributed by atoms with Crippen molar-refractivity contribution in [2.45, 2.75) is 32.4 Å². The molecule has 0 saturated heterocycles.